The molecule has 1 aromatic heterocycles. The van der Waals surface area contributed by atoms with Gasteiger partial charge in [-0.25, -0.2) is 4.68 Å². The summed E-state index contributed by atoms with van der Waals surface area (Å²) >= 11 is 0. The molecule has 0 saturated carbocycles. The number of nitrogens with zero attached hydrogens (tertiary/aromatic N) is 3. The second-order valence-corrected chi connectivity index (χ2v) is 7.21. The maximum absolute atomic E-state index is 13.6. The number of ether oxygens (including phenoxy) is 4. The predicted octanol–water partition coefficient (Wildman–Crippen LogP) is 3.24. The Morgan fingerprint density at radius 2 is 1.67 bits per heavy atom. The van der Waals surface area contributed by atoms with Gasteiger partial charge in [0.15, 0.2) is 11.5 Å². The Morgan fingerprint density at radius 3 is 2.30 bits per heavy atom. The summed E-state index contributed by atoms with van der Waals surface area (Å²) in [5, 5.41) is 10.5. The molecule has 33 heavy (non-hydrogen) atoms. The summed E-state index contributed by atoms with van der Waals surface area (Å²) < 4.78 is 23.5. The minimum Gasteiger partial charge on any atom is -0.495 e. The van der Waals surface area contributed by atoms with Gasteiger partial charge in [-0.1, -0.05) is 12.1 Å². The largest absolute Gasteiger partial charge is 0.495 e. The Kier molecular flexibility index (Phi) is 6.07. The van der Waals surface area contributed by atoms with Crippen molar-refractivity contribution in [3.63, 3.8) is 0 Å². The molecule has 2 N–H and O–H groups in total. The Labute approximate surface area is 191 Å². The van der Waals surface area contributed by atoms with Crippen molar-refractivity contribution in [3.8, 4) is 23.0 Å². The van der Waals surface area contributed by atoms with Crippen molar-refractivity contribution >= 4 is 17.5 Å². The van der Waals surface area contributed by atoms with E-state index in [2.05, 4.69) is 20.7 Å². The van der Waals surface area contributed by atoms with Gasteiger partial charge in [0.2, 0.25) is 11.7 Å². The van der Waals surface area contributed by atoms with Gasteiger partial charge >= 0.3 is 0 Å². The van der Waals surface area contributed by atoms with E-state index in [1.165, 1.54) is 13.4 Å². The van der Waals surface area contributed by atoms with Gasteiger partial charge in [0.05, 0.1) is 39.7 Å². The van der Waals surface area contributed by atoms with Crippen molar-refractivity contribution in [2.45, 2.75) is 13.0 Å². The Hall–Kier alpha value is -4.21. The lowest BCUT2D eigenvalue weighted by Gasteiger charge is -2.29. The van der Waals surface area contributed by atoms with Crippen LogP contribution in [0.5, 0.6) is 23.0 Å². The Morgan fingerprint density at radius 1 is 1.00 bits per heavy atom. The highest BCUT2D eigenvalue weighted by Gasteiger charge is 2.35. The lowest BCUT2D eigenvalue weighted by Crippen LogP contribution is -2.31. The monoisotopic (exact) mass is 451 g/mol. The van der Waals surface area contributed by atoms with Crippen molar-refractivity contribution in [1.82, 2.24) is 14.8 Å². The van der Waals surface area contributed by atoms with E-state index in [9.17, 15) is 4.79 Å². The average Bonchev–Trinajstić information content (AvgIpc) is 3.30. The van der Waals surface area contributed by atoms with Crippen molar-refractivity contribution in [3.05, 3.63) is 59.6 Å². The van der Waals surface area contributed by atoms with Crippen molar-refractivity contribution < 1.29 is 23.7 Å². The van der Waals surface area contributed by atoms with Crippen molar-refractivity contribution in [2.24, 2.45) is 0 Å². The zero-order valence-corrected chi connectivity index (χ0v) is 19.0. The lowest BCUT2D eigenvalue weighted by molar-refractivity contribution is -0.113. The third kappa shape index (κ3) is 3.91. The molecule has 0 saturated heterocycles. The van der Waals surface area contributed by atoms with E-state index in [-0.39, 0.29) is 5.91 Å². The maximum Gasteiger partial charge on any atom is 0.255 e. The van der Waals surface area contributed by atoms with E-state index in [4.69, 9.17) is 18.9 Å². The first-order valence-electron chi connectivity index (χ1n) is 10.1. The van der Waals surface area contributed by atoms with Crippen LogP contribution in [-0.2, 0) is 4.79 Å². The molecule has 2 heterocycles. The van der Waals surface area contributed by atoms with Gasteiger partial charge in [-0.05, 0) is 36.8 Å². The Balaban J connectivity index is 1.84. The standard InChI is InChI=1S/C23H25N5O5/c1-13-19(22(29)27-15-8-6-7-9-16(15)30-2)20(28-23(26-13)24-12-25-28)14-10-17(31-3)21(33-5)18(11-14)32-4/h6-12,20H,1-5H3,(H,27,29)(H,24,25,26)/t20-/m1/s1. The molecule has 4 rings (SSSR count). The summed E-state index contributed by atoms with van der Waals surface area (Å²) in [6.45, 7) is 1.82. The summed E-state index contributed by atoms with van der Waals surface area (Å²) in [6, 6.07) is 10.2. The number of anilines is 2. The predicted molar refractivity (Wildman–Crippen MR) is 122 cm³/mol. The third-order valence-electron chi connectivity index (χ3n) is 5.40. The molecule has 0 radical (unpaired) electrons. The molecule has 1 aliphatic heterocycles. The van der Waals surface area contributed by atoms with E-state index in [0.29, 0.717) is 51.5 Å². The minimum atomic E-state index is -0.604. The second-order valence-electron chi connectivity index (χ2n) is 7.21. The molecule has 10 heteroatoms. The second kappa shape index (κ2) is 9.11. The summed E-state index contributed by atoms with van der Waals surface area (Å²) in [6.07, 6.45) is 1.43. The molecule has 172 valence electrons. The fourth-order valence-corrected chi connectivity index (χ4v) is 3.89. The molecule has 0 aliphatic carbocycles. The highest BCUT2D eigenvalue weighted by atomic mass is 16.5. The first kappa shape index (κ1) is 22.0. The number of allylic oxidation sites excluding steroid dienone is 1. The van der Waals surface area contributed by atoms with Crippen LogP contribution in [0, 0.1) is 0 Å². The van der Waals surface area contributed by atoms with Crippen LogP contribution in [0.3, 0.4) is 0 Å². The number of aromatic nitrogens is 3. The summed E-state index contributed by atoms with van der Waals surface area (Å²) in [5.41, 5.74) is 2.36. The number of para-hydroxylation sites is 2. The number of carbonyl (C=O) groups excluding carboxylic acids is 1. The van der Waals surface area contributed by atoms with Gasteiger partial charge in [0.1, 0.15) is 18.1 Å². The van der Waals surface area contributed by atoms with Gasteiger partial charge in [-0.2, -0.15) is 10.1 Å². The molecule has 10 nitrogen and oxygen atoms in total. The van der Waals surface area contributed by atoms with Crippen molar-refractivity contribution in [1.29, 1.82) is 0 Å². The van der Waals surface area contributed by atoms with Crippen LogP contribution >= 0.6 is 0 Å². The maximum atomic E-state index is 13.6. The number of hydrogen-bond donors (Lipinski definition) is 2. The molecule has 1 aliphatic rings. The first-order chi connectivity index (χ1) is 16.0. The SMILES string of the molecule is COc1ccccc1NC(=O)C1=C(C)Nc2ncnn2[C@@H]1c1cc(OC)c(OC)c(OC)c1. The fraction of sp³-hybridized carbons (Fsp3) is 0.261. The van der Waals surface area contributed by atoms with Gasteiger partial charge in [0.25, 0.3) is 5.91 Å². The number of rotatable bonds is 7. The fourth-order valence-electron chi connectivity index (χ4n) is 3.89. The summed E-state index contributed by atoms with van der Waals surface area (Å²) in [7, 11) is 6.18. The molecule has 0 spiro atoms. The molecule has 1 atom stereocenters. The van der Waals surface area contributed by atoms with Crippen LogP contribution in [0.1, 0.15) is 18.5 Å². The van der Waals surface area contributed by atoms with Crippen LogP contribution in [0.15, 0.2) is 54.0 Å². The average molecular weight is 451 g/mol. The number of nitrogens with one attached hydrogen (secondary N) is 2. The lowest BCUT2D eigenvalue weighted by atomic mass is 9.94. The van der Waals surface area contributed by atoms with Gasteiger partial charge in [-0.3, -0.25) is 4.79 Å². The zero-order valence-electron chi connectivity index (χ0n) is 19.0. The zero-order chi connectivity index (χ0) is 23.5. The van der Waals surface area contributed by atoms with Crippen LogP contribution in [0.4, 0.5) is 11.6 Å². The number of benzene rings is 2. The summed E-state index contributed by atoms with van der Waals surface area (Å²) in [5.74, 6) is 2.14. The van der Waals surface area contributed by atoms with E-state index in [1.54, 1.807) is 50.3 Å². The van der Waals surface area contributed by atoms with Crippen LogP contribution in [0.2, 0.25) is 0 Å². The van der Waals surface area contributed by atoms with E-state index >= 15 is 0 Å². The van der Waals surface area contributed by atoms with Crippen LogP contribution < -0.4 is 29.6 Å². The number of methoxy groups -OCH3 is 4. The van der Waals surface area contributed by atoms with Gasteiger partial charge < -0.3 is 29.6 Å². The Bertz CT molecular complexity index is 1190. The normalized spacial score (nSPS) is 14.8. The van der Waals surface area contributed by atoms with E-state index in [1.807, 2.05) is 19.1 Å². The minimum absolute atomic E-state index is 0.315. The van der Waals surface area contributed by atoms with Crippen molar-refractivity contribution in [2.75, 3.05) is 39.1 Å². The topological polar surface area (TPSA) is 109 Å². The number of carbonyl (C=O) groups is 1. The van der Waals surface area contributed by atoms with Crippen LogP contribution in [-0.4, -0.2) is 49.1 Å². The van der Waals surface area contributed by atoms with Gasteiger partial charge in [0, 0.05) is 5.70 Å². The molecular formula is C23H25N5O5. The van der Waals surface area contributed by atoms with E-state index in [0.717, 1.165) is 0 Å². The number of hydrogen-bond acceptors (Lipinski definition) is 8. The molecule has 3 aromatic rings. The molecule has 0 unspecified atom stereocenters. The van der Waals surface area contributed by atoms with Gasteiger partial charge in [-0.15, -0.1) is 0 Å². The third-order valence-corrected chi connectivity index (χ3v) is 5.40. The highest BCUT2D eigenvalue weighted by Crippen LogP contribution is 2.43. The quantitative estimate of drug-likeness (QED) is 0.564. The smallest absolute Gasteiger partial charge is 0.255 e. The molecular weight excluding hydrogens is 426 g/mol. The molecule has 1 amide bonds. The number of fused-ring (bicyclic) bond motifs is 1. The first-order valence-corrected chi connectivity index (χ1v) is 10.1. The van der Waals surface area contributed by atoms with Crippen LogP contribution in [0.25, 0.3) is 0 Å². The number of amides is 1. The highest BCUT2D eigenvalue weighted by molar-refractivity contribution is 6.06. The molecule has 0 bridgehead atoms. The summed E-state index contributed by atoms with van der Waals surface area (Å²) in [4.78, 5) is 17.9. The van der Waals surface area contributed by atoms with E-state index < -0.39 is 6.04 Å². The molecule has 0 fully saturated rings. The molecule has 2 aromatic carbocycles.